The maximum absolute atomic E-state index is 13.4. The number of carbonyl (C=O) groups is 2. The van der Waals surface area contributed by atoms with Crippen molar-refractivity contribution in [2.75, 3.05) is 30.8 Å². The van der Waals surface area contributed by atoms with Gasteiger partial charge in [0, 0.05) is 17.6 Å². The first-order valence-electron chi connectivity index (χ1n) is 11.0. The highest BCUT2D eigenvalue weighted by molar-refractivity contribution is 9.10. The molecule has 0 fully saturated rings. The van der Waals surface area contributed by atoms with Crippen LogP contribution in [0.3, 0.4) is 0 Å². The van der Waals surface area contributed by atoms with Crippen molar-refractivity contribution < 1.29 is 22.7 Å². The summed E-state index contributed by atoms with van der Waals surface area (Å²) in [4.78, 5) is 27.6. The molecule has 186 valence electrons. The molecule has 1 atom stereocenters. The molecule has 2 aromatic rings. The van der Waals surface area contributed by atoms with E-state index in [0.717, 1.165) is 33.4 Å². The van der Waals surface area contributed by atoms with E-state index >= 15 is 0 Å². The third kappa shape index (κ3) is 8.02. The van der Waals surface area contributed by atoms with Crippen molar-refractivity contribution in [1.29, 1.82) is 0 Å². The van der Waals surface area contributed by atoms with Gasteiger partial charge in [-0.25, -0.2) is 8.42 Å². The van der Waals surface area contributed by atoms with Gasteiger partial charge in [0.2, 0.25) is 21.8 Å². The largest absolute Gasteiger partial charge is 0.497 e. The molecule has 0 bridgehead atoms. The maximum Gasteiger partial charge on any atom is 0.244 e. The second kappa shape index (κ2) is 12.8. The third-order valence-corrected chi connectivity index (χ3v) is 6.97. The number of halogens is 1. The van der Waals surface area contributed by atoms with Crippen LogP contribution in [0.4, 0.5) is 5.69 Å². The van der Waals surface area contributed by atoms with Gasteiger partial charge in [-0.3, -0.25) is 13.9 Å². The predicted octanol–water partition coefficient (Wildman–Crippen LogP) is 3.56. The van der Waals surface area contributed by atoms with E-state index in [9.17, 15) is 18.0 Å². The summed E-state index contributed by atoms with van der Waals surface area (Å²) in [6.45, 7) is 3.90. The summed E-state index contributed by atoms with van der Waals surface area (Å²) in [5.74, 6) is -0.0994. The number of nitrogens with zero attached hydrogens (tertiary/aromatic N) is 2. The van der Waals surface area contributed by atoms with Crippen molar-refractivity contribution in [3.63, 3.8) is 0 Å². The van der Waals surface area contributed by atoms with Crippen molar-refractivity contribution in [1.82, 2.24) is 10.2 Å². The predicted molar refractivity (Wildman–Crippen MR) is 137 cm³/mol. The first-order valence-corrected chi connectivity index (χ1v) is 13.6. The minimum absolute atomic E-state index is 0.142. The molecule has 2 rings (SSSR count). The number of rotatable bonds is 12. The van der Waals surface area contributed by atoms with Crippen molar-refractivity contribution in [3.05, 3.63) is 58.6 Å². The van der Waals surface area contributed by atoms with E-state index in [1.165, 1.54) is 4.90 Å². The van der Waals surface area contributed by atoms with Crippen LogP contribution >= 0.6 is 15.9 Å². The summed E-state index contributed by atoms with van der Waals surface area (Å²) in [6, 6.07) is 13.0. The second-order valence-corrected chi connectivity index (χ2v) is 10.8. The number of ether oxygens (including phenoxy) is 1. The molecule has 8 nitrogen and oxygen atoms in total. The highest BCUT2D eigenvalue weighted by Gasteiger charge is 2.30. The van der Waals surface area contributed by atoms with E-state index in [4.69, 9.17) is 4.74 Å². The molecule has 0 heterocycles. The molecule has 34 heavy (non-hydrogen) atoms. The molecule has 0 spiro atoms. The first-order chi connectivity index (χ1) is 16.1. The number of unbranched alkanes of at least 4 members (excludes halogenated alkanes) is 1. The lowest BCUT2D eigenvalue weighted by Gasteiger charge is -2.31. The number of methoxy groups -OCH3 is 1. The quantitative estimate of drug-likeness (QED) is 0.405. The highest BCUT2D eigenvalue weighted by Crippen LogP contribution is 2.22. The molecular formula is C24H32BrN3O5S. The minimum atomic E-state index is -3.75. The average molecular weight is 555 g/mol. The van der Waals surface area contributed by atoms with Crippen molar-refractivity contribution >= 4 is 43.5 Å². The molecular weight excluding hydrogens is 522 g/mol. The van der Waals surface area contributed by atoms with Crippen LogP contribution in [0.1, 0.15) is 32.3 Å². The summed E-state index contributed by atoms with van der Waals surface area (Å²) < 4.78 is 32.1. The Hall–Kier alpha value is -2.59. The number of hydrogen-bond acceptors (Lipinski definition) is 5. The number of sulfonamides is 1. The lowest BCUT2D eigenvalue weighted by molar-refractivity contribution is -0.139. The lowest BCUT2D eigenvalue weighted by Crippen LogP contribution is -2.51. The van der Waals surface area contributed by atoms with E-state index in [0.29, 0.717) is 18.0 Å². The lowest BCUT2D eigenvalue weighted by atomic mass is 10.1. The molecule has 0 aromatic heterocycles. The minimum Gasteiger partial charge on any atom is -0.497 e. The molecule has 0 unspecified atom stereocenters. The topological polar surface area (TPSA) is 96.0 Å². The second-order valence-electron chi connectivity index (χ2n) is 7.94. The monoisotopic (exact) mass is 553 g/mol. The SMILES string of the molecule is CCCCNC(=O)[C@@H](C)N(Cc1ccc(OC)cc1)C(=O)CN(c1ccc(Br)cc1)S(C)(=O)=O. The van der Waals surface area contributed by atoms with Crippen molar-refractivity contribution in [2.24, 2.45) is 0 Å². The van der Waals surface area contributed by atoms with Crippen molar-refractivity contribution in [2.45, 2.75) is 39.3 Å². The van der Waals surface area contributed by atoms with E-state index in [2.05, 4.69) is 21.2 Å². The number of anilines is 1. The summed E-state index contributed by atoms with van der Waals surface area (Å²) in [5.41, 5.74) is 1.15. The third-order valence-electron chi connectivity index (χ3n) is 5.30. The fourth-order valence-corrected chi connectivity index (χ4v) is 4.38. The zero-order chi connectivity index (χ0) is 25.3. The van der Waals surface area contributed by atoms with Crippen LogP contribution in [0.25, 0.3) is 0 Å². The van der Waals surface area contributed by atoms with Crippen LogP contribution < -0.4 is 14.4 Å². The van der Waals surface area contributed by atoms with Crippen LogP contribution in [0, 0.1) is 0 Å². The average Bonchev–Trinajstić information content (AvgIpc) is 2.81. The first kappa shape index (κ1) is 27.7. The molecule has 0 aliphatic rings. The fraction of sp³-hybridized carbons (Fsp3) is 0.417. The Morgan fingerprint density at radius 2 is 1.71 bits per heavy atom. The van der Waals surface area contributed by atoms with E-state index < -0.39 is 28.5 Å². The van der Waals surface area contributed by atoms with Gasteiger partial charge >= 0.3 is 0 Å². The van der Waals surface area contributed by atoms with Crippen LogP contribution in [0.15, 0.2) is 53.0 Å². The Balaban J connectivity index is 2.32. The molecule has 10 heteroatoms. The Morgan fingerprint density at radius 1 is 1.09 bits per heavy atom. The summed E-state index contributed by atoms with van der Waals surface area (Å²) in [5, 5.41) is 2.85. The molecule has 0 saturated heterocycles. The zero-order valence-corrected chi connectivity index (χ0v) is 22.4. The van der Waals surface area contributed by atoms with E-state index in [1.807, 2.05) is 19.1 Å². The van der Waals surface area contributed by atoms with Crippen molar-refractivity contribution in [3.8, 4) is 5.75 Å². The summed E-state index contributed by atoms with van der Waals surface area (Å²) in [7, 11) is -2.19. The van der Waals surface area contributed by atoms with Gasteiger partial charge < -0.3 is 15.0 Å². The van der Waals surface area contributed by atoms with Crippen LogP contribution in [0.2, 0.25) is 0 Å². The summed E-state index contributed by atoms with van der Waals surface area (Å²) >= 11 is 3.33. The van der Waals surface area contributed by atoms with Gasteiger partial charge in [0.15, 0.2) is 0 Å². The van der Waals surface area contributed by atoms with Gasteiger partial charge in [-0.05, 0) is 55.3 Å². The molecule has 0 radical (unpaired) electrons. The van der Waals surface area contributed by atoms with Gasteiger partial charge in [0.1, 0.15) is 18.3 Å². The van der Waals surface area contributed by atoms with Gasteiger partial charge in [-0.1, -0.05) is 41.4 Å². The zero-order valence-electron chi connectivity index (χ0n) is 20.0. The number of benzene rings is 2. The molecule has 2 amide bonds. The molecule has 2 aromatic carbocycles. The normalized spacial score (nSPS) is 12.0. The molecule has 1 N–H and O–H groups in total. The number of carbonyl (C=O) groups excluding carboxylic acids is 2. The Bertz CT molecular complexity index is 1060. The number of amides is 2. The number of nitrogens with one attached hydrogen (secondary N) is 1. The maximum atomic E-state index is 13.4. The van der Waals surface area contributed by atoms with Crippen LogP contribution in [0.5, 0.6) is 5.75 Å². The van der Waals surface area contributed by atoms with Gasteiger partial charge in [0.05, 0.1) is 19.1 Å². The molecule has 0 aliphatic carbocycles. The Labute approximate surface area is 210 Å². The summed E-state index contributed by atoms with van der Waals surface area (Å²) in [6.07, 6.45) is 2.81. The number of hydrogen-bond donors (Lipinski definition) is 1. The van der Waals surface area contributed by atoms with Gasteiger partial charge in [0.25, 0.3) is 0 Å². The van der Waals surface area contributed by atoms with Gasteiger partial charge in [-0.15, -0.1) is 0 Å². The highest BCUT2D eigenvalue weighted by atomic mass is 79.9. The molecule has 0 aliphatic heterocycles. The van der Waals surface area contributed by atoms with E-state index in [1.54, 1.807) is 50.4 Å². The Morgan fingerprint density at radius 3 is 2.24 bits per heavy atom. The van der Waals surface area contributed by atoms with Gasteiger partial charge in [-0.2, -0.15) is 0 Å². The van der Waals surface area contributed by atoms with E-state index in [-0.39, 0.29) is 12.5 Å². The molecule has 0 saturated carbocycles. The standard InChI is InChI=1S/C24H32BrN3O5S/c1-5-6-15-26-24(30)18(2)27(16-19-7-13-22(33-3)14-8-19)23(29)17-28(34(4,31)32)21-11-9-20(25)10-12-21/h7-14,18H,5-6,15-17H2,1-4H3,(H,26,30)/t18-/m1/s1. The van der Waals surface area contributed by atoms with Crippen LogP contribution in [-0.2, 0) is 26.2 Å². The Kier molecular flexibility index (Phi) is 10.4. The smallest absolute Gasteiger partial charge is 0.244 e. The fourth-order valence-electron chi connectivity index (χ4n) is 3.27. The van der Waals surface area contributed by atoms with Crippen LogP contribution in [-0.4, -0.2) is 57.6 Å².